The molecular formula is C11H13FN2O4S. The molecule has 1 unspecified atom stereocenters. The number of primary sulfonamides is 1. The van der Waals surface area contributed by atoms with Gasteiger partial charge in [0.15, 0.2) is 0 Å². The highest BCUT2D eigenvalue weighted by molar-refractivity contribution is 7.89. The molecule has 1 aliphatic rings. The highest BCUT2D eigenvalue weighted by Gasteiger charge is 2.24. The Bertz CT molecular complexity index is 597. The topological polar surface area (TPSA) is 98.5 Å². The first-order valence-electron chi connectivity index (χ1n) is 5.59. The fourth-order valence-electron chi connectivity index (χ4n) is 1.75. The lowest BCUT2D eigenvalue weighted by molar-refractivity contribution is -0.119. The Hall–Kier alpha value is -1.51. The summed E-state index contributed by atoms with van der Waals surface area (Å²) in [6.45, 7) is 0.764. The summed E-state index contributed by atoms with van der Waals surface area (Å²) < 4.78 is 40.9. The zero-order chi connectivity index (χ0) is 14.0. The van der Waals surface area contributed by atoms with Crippen LogP contribution >= 0.6 is 0 Å². The molecule has 1 aromatic rings. The van der Waals surface area contributed by atoms with E-state index in [2.05, 4.69) is 5.32 Å². The molecule has 2 rings (SSSR count). The van der Waals surface area contributed by atoms with Crippen molar-refractivity contribution in [3.05, 3.63) is 24.0 Å². The average molecular weight is 288 g/mol. The number of anilines is 1. The van der Waals surface area contributed by atoms with Crippen molar-refractivity contribution in [3.63, 3.8) is 0 Å². The molecule has 1 atom stereocenters. The molecule has 1 fully saturated rings. The van der Waals surface area contributed by atoms with E-state index in [4.69, 9.17) is 9.88 Å². The van der Waals surface area contributed by atoms with Crippen LogP contribution in [0, 0.1) is 11.7 Å². The first kappa shape index (κ1) is 13.9. The van der Waals surface area contributed by atoms with Gasteiger partial charge in [0.2, 0.25) is 15.9 Å². The fourth-order valence-corrected chi connectivity index (χ4v) is 2.29. The summed E-state index contributed by atoms with van der Waals surface area (Å²) in [5, 5.41) is 7.30. The molecule has 19 heavy (non-hydrogen) atoms. The SMILES string of the molecule is NS(=O)(=O)c1ccc(F)c(NC(=O)C2CCOC2)c1. The van der Waals surface area contributed by atoms with Crippen LogP contribution in [0.25, 0.3) is 0 Å². The van der Waals surface area contributed by atoms with Gasteiger partial charge in [0.25, 0.3) is 0 Å². The molecule has 1 aromatic carbocycles. The molecule has 0 saturated carbocycles. The number of sulfonamides is 1. The van der Waals surface area contributed by atoms with Crippen LogP contribution in [0.15, 0.2) is 23.1 Å². The van der Waals surface area contributed by atoms with Crippen LogP contribution < -0.4 is 10.5 Å². The van der Waals surface area contributed by atoms with Crippen molar-refractivity contribution in [2.24, 2.45) is 11.1 Å². The van der Waals surface area contributed by atoms with Crippen molar-refractivity contribution in [2.75, 3.05) is 18.5 Å². The summed E-state index contributed by atoms with van der Waals surface area (Å²) >= 11 is 0. The number of nitrogens with two attached hydrogens (primary N) is 1. The zero-order valence-corrected chi connectivity index (χ0v) is 10.7. The van der Waals surface area contributed by atoms with Crippen LogP contribution in [-0.2, 0) is 19.6 Å². The van der Waals surface area contributed by atoms with Gasteiger partial charge in [-0.1, -0.05) is 0 Å². The van der Waals surface area contributed by atoms with Crippen LogP contribution in [0.1, 0.15) is 6.42 Å². The third-order valence-electron chi connectivity index (χ3n) is 2.82. The maximum atomic E-state index is 13.5. The summed E-state index contributed by atoms with van der Waals surface area (Å²) in [5.41, 5.74) is -0.205. The third-order valence-corrected chi connectivity index (χ3v) is 3.74. The predicted octanol–water partition coefficient (Wildman–Crippen LogP) is 0.448. The predicted molar refractivity (Wildman–Crippen MR) is 65.3 cm³/mol. The second-order valence-corrected chi connectivity index (χ2v) is 5.80. The molecule has 1 saturated heterocycles. The first-order valence-corrected chi connectivity index (χ1v) is 7.13. The van der Waals surface area contributed by atoms with E-state index in [0.29, 0.717) is 13.0 Å². The van der Waals surface area contributed by atoms with Crippen LogP contribution in [0.4, 0.5) is 10.1 Å². The van der Waals surface area contributed by atoms with Crippen LogP contribution in [0.2, 0.25) is 0 Å². The normalized spacial score (nSPS) is 19.4. The molecule has 0 aliphatic carbocycles. The van der Waals surface area contributed by atoms with Crippen LogP contribution in [-0.4, -0.2) is 27.5 Å². The summed E-state index contributed by atoms with van der Waals surface area (Å²) in [6.07, 6.45) is 0.558. The average Bonchev–Trinajstić information content (AvgIpc) is 2.84. The molecule has 0 aromatic heterocycles. The summed E-state index contributed by atoms with van der Waals surface area (Å²) in [5.74, 6) is -1.47. The van der Waals surface area contributed by atoms with Crippen molar-refractivity contribution >= 4 is 21.6 Å². The van der Waals surface area contributed by atoms with Gasteiger partial charge in [-0.3, -0.25) is 4.79 Å². The largest absolute Gasteiger partial charge is 0.381 e. The van der Waals surface area contributed by atoms with Crippen molar-refractivity contribution in [3.8, 4) is 0 Å². The standard InChI is InChI=1S/C11H13FN2O4S/c12-9-2-1-8(19(13,16)17)5-10(9)14-11(15)7-3-4-18-6-7/h1-2,5,7H,3-4,6H2,(H,14,15)(H2,13,16,17). The maximum Gasteiger partial charge on any atom is 0.238 e. The van der Waals surface area contributed by atoms with Crippen molar-refractivity contribution in [1.82, 2.24) is 0 Å². The van der Waals surface area contributed by atoms with Gasteiger partial charge < -0.3 is 10.1 Å². The Labute approximate surface area is 109 Å². The minimum Gasteiger partial charge on any atom is -0.381 e. The molecule has 0 radical (unpaired) electrons. The monoisotopic (exact) mass is 288 g/mol. The quantitative estimate of drug-likeness (QED) is 0.843. The van der Waals surface area contributed by atoms with Gasteiger partial charge in [0.05, 0.1) is 23.1 Å². The first-order chi connectivity index (χ1) is 8.88. The minimum absolute atomic E-state index is 0.205. The molecule has 104 valence electrons. The van der Waals surface area contributed by atoms with Crippen LogP contribution in [0.3, 0.4) is 0 Å². The molecule has 1 aliphatic heterocycles. The van der Waals surface area contributed by atoms with E-state index in [1.807, 2.05) is 0 Å². The number of nitrogens with one attached hydrogen (secondary N) is 1. The lowest BCUT2D eigenvalue weighted by Gasteiger charge is -2.11. The van der Waals surface area contributed by atoms with E-state index in [1.54, 1.807) is 0 Å². The van der Waals surface area contributed by atoms with Gasteiger partial charge in [0.1, 0.15) is 5.82 Å². The van der Waals surface area contributed by atoms with E-state index < -0.39 is 21.7 Å². The third kappa shape index (κ3) is 3.28. The second kappa shape index (κ2) is 5.24. The molecule has 8 heteroatoms. The minimum atomic E-state index is -3.94. The summed E-state index contributed by atoms with van der Waals surface area (Å²) in [4.78, 5) is 11.5. The van der Waals surface area contributed by atoms with E-state index in [0.717, 1.165) is 18.2 Å². The Kier molecular flexibility index (Phi) is 3.83. The highest BCUT2D eigenvalue weighted by atomic mass is 32.2. The molecular weight excluding hydrogens is 275 g/mol. The molecule has 1 amide bonds. The number of rotatable bonds is 3. The number of carbonyl (C=O) groups excluding carboxylic acids is 1. The lowest BCUT2D eigenvalue weighted by Crippen LogP contribution is -2.23. The summed E-state index contributed by atoms with van der Waals surface area (Å²) in [7, 11) is -3.94. The van der Waals surface area contributed by atoms with Gasteiger partial charge in [-0.2, -0.15) is 0 Å². The smallest absolute Gasteiger partial charge is 0.238 e. The number of hydrogen-bond acceptors (Lipinski definition) is 4. The molecule has 3 N–H and O–H groups in total. The van der Waals surface area contributed by atoms with Crippen molar-refractivity contribution in [1.29, 1.82) is 0 Å². The maximum absolute atomic E-state index is 13.5. The Morgan fingerprint density at radius 1 is 1.47 bits per heavy atom. The van der Waals surface area contributed by atoms with Gasteiger partial charge >= 0.3 is 0 Å². The van der Waals surface area contributed by atoms with E-state index in [-0.39, 0.29) is 23.1 Å². The highest BCUT2D eigenvalue weighted by Crippen LogP contribution is 2.21. The number of ether oxygens (including phenoxy) is 1. The van der Waals surface area contributed by atoms with Crippen LogP contribution in [0.5, 0.6) is 0 Å². The van der Waals surface area contributed by atoms with E-state index in [9.17, 15) is 17.6 Å². The second-order valence-electron chi connectivity index (χ2n) is 4.24. The van der Waals surface area contributed by atoms with Crippen molar-refractivity contribution in [2.45, 2.75) is 11.3 Å². The van der Waals surface area contributed by atoms with Gasteiger partial charge in [-0.15, -0.1) is 0 Å². The van der Waals surface area contributed by atoms with E-state index in [1.165, 1.54) is 0 Å². The number of benzene rings is 1. The number of hydrogen-bond donors (Lipinski definition) is 2. The van der Waals surface area contributed by atoms with Gasteiger partial charge in [-0.25, -0.2) is 17.9 Å². The Morgan fingerprint density at radius 2 is 2.21 bits per heavy atom. The zero-order valence-electron chi connectivity index (χ0n) is 9.93. The number of halogens is 1. The molecule has 6 nitrogen and oxygen atoms in total. The number of amides is 1. The van der Waals surface area contributed by atoms with Gasteiger partial charge in [0, 0.05) is 6.61 Å². The number of carbonyl (C=O) groups is 1. The van der Waals surface area contributed by atoms with E-state index >= 15 is 0 Å². The lowest BCUT2D eigenvalue weighted by atomic mass is 10.1. The summed E-state index contributed by atoms with van der Waals surface area (Å²) in [6, 6.07) is 2.98. The van der Waals surface area contributed by atoms with Gasteiger partial charge in [-0.05, 0) is 24.6 Å². The van der Waals surface area contributed by atoms with Crippen molar-refractivity contribution < 1.29 is 22.3 Å². The fraction of sp³-hybridized carbons (Fsp3) is 0.364. The Morgan fingerprint density at radius 3 is 2.79 bits per heavy atom. The molecule has 1 heterocycles. The molecule has 0 bridgehead atoms. The Balaban J connectivity index is 2.22. The molecule has 0 spiro atoms.